The van der Waals surface area contributed by atoms with Gasteiger partial charge in [-0.05, 0) is 48.0 Å². The van der Waals surface area contributed by atoms with Crippen LogP contribution in [0.5, 0.6) is 0 Å². The number of benzene rings is 2. The predicted molar refractivity (Wildman–Crippen MR) is 92.5 cm³/mol. The molecule has 0 aliphatic rings. The highest BCUT2D eigenvalue weighted by atomic mass is 32.2. The van der Waals surface area contributed by atoms with Gasteiger partial charge in [0.05, 0.1) is 12.0 Å². The third-order valence-electron chi connectivity index (χ3n) is 3.31. The van der Waals surface area contributed by atoms with Crippen molar-refractivity contribution in [3.63, 3.8) is 0 Å². The molecule has 2 aromatic carbocycles. The first-order valence-electron chi connectivity index (χ1n) is 7.20. The highest BCUT2D eigenvalue weighted by Gasteiger charge is 2.20. The van der Waals surface area contributed by atoms with Gasteiger partial charge in [0.15, 0.2) is 0 Å². The molecule has 6 nitrogen and oxygen atoms in total. The van der Waals surface area contributed by atoms with Crippen LogP contribution in [0, 0.1) is 5.82 Å². The van der Waals surface area contributed by atoms with Gasteiger partial charge in [0.2, 0.25) is 5.91 Å². The zero-order chi connectivity index (χ0) is 18.4. The molecule has 25 heavy (non-hydrogen) atoms. The minimum Gasteiger partial charge on any atom is -0.323 e. The minimum absolute atomic E-state index is 0.0386. The summed E-state index contributed by atoms with van der Waals surface area (Å²) < 4.78 is 37.7. The van der Waals surface area contributed by atoms with Crippen LogP contribution in [0.2, 0.25) is 0 Å². The van der Waals surface area contributed by atoms with E-state index in [-0.39, 0.29) is 10.7 Å². The normalized spacial score (nSPS) is 11.8. The van der Waals surface area contributed by atoms with E-state index in [2.05, 4.69) is 10.2 Å². The van der Waals surface area contributed by atoms with Crippen molar-refractivity contribution < 1.29 is 22.4 Å². The predicted octanol–water partition coefficient (Wildman–Crippen LogP) is 2.66. The van der Waals surface area contributed by atoms with E-state index in [1.54, 1.807) is 18.2 Å². The van der Waals surface area contributed by atoms with E-state index in [1.165, 1.54) is 56.6 Å². The number of hydrogen-bond donors (Lipinski definition) is 1. The zero-order valence-corrected chi connectivity index (χ0v) is 14.5. The van der Waals surface area contributed by atoms with E-state index in [0.717, 1.165) is 4.47 Å². The maximum absolute atomic E-state index is 12.8. The third-order valence-corrected chi connectivity index (χ3v) is 5.01. The summed E-state index contributed by atoms with van der Waals surface area (Å²) in [6.07, 6.45) is 2.84. The molecule has 0 aliphatic carbocycles. The number of anilines is 1. The Morgan fingerprint density at radius 2 is 1.72 bits per heavy atom. The number of rotatable bonds is 6. The van der Waals surface area contributed by atoms with Gasteiger partial charge < -0.3 is 5.32 Å². The Morgan fingerprint density at radius 1 is 1.12 bits per heavy atom. The summed E-state index contributed by atoms with van der Waals surface area (Å²) in [6.45, 7) is 0. The average molecular weight is 364 g/mol. The molecule has 0 saturated heterocycles. The molecule has 0 saturated carbocycles. The van der Waals surface area contributed by atoms with Crippen molar-refractivity contribution in [2.75, 3.05) is 19.5 Å². The molecule has 0 aromatic heterocycles. The average Bonchev–Trinajstić information content (AvgIpc) is 2.61. The lowest BCUT2D eigenvalue weighted by Crippen LogP contribution is -2.25. The molecule has 1 amide bonds. The van der Waals surface area contributed by atoms with Crippen LogP contribution < -0.4 is 5.32 Å². The zero-order valence-electron chi connectivity index (χ0n) is 13.6. The number of carbonyl (C=O) groups is 1. The van der Waals surface area contributed by atoms with Gasteiger partial charge >= 0.3 is 0 Å². The fraction of sp³-hybridized carbons (Fsp3) is 0.118. The summed E-state index contributed by atoms with van der Waals surface area (Å²) in [7, 11) is -1.20. The van der Waals surface area contributed by atoms with E-state index in [9.17, 15) is 17.6 Å². The first kappa shape index (κ1) is 18.8. The summed E-state index contributed by atoms with van der Waals surface area (Å²) in [5.74, 6) is -0.746. The molecule has 2 rings (SSSR count). The highest BCUT2D eigenvalue weighted by molar-refractivity contribution is 7.89. The second-order valence-electron chi connectivity index (χ2n) is 5.00. The van der Waals surface area contributed by atoms with Gasteiger partial charge in [0.25, 0.3) is 10.0 Å². The van der Waals surface area contributed by atoms with Crippen molar-refractivity contribution >= 4 is 27.7 Å². The number of halogens is 1. The maximum atomic E-state index is 12.8. The Kier molecular flexibility index (Phi) is 6.02. The third kappa shape index (κ3) is 4.96. The van der Waals surface area contributed by atoms with Crippen molar-refractivity contribution in [1.82, 2.24) is 4.47 Å². The number of nitrogens with one attached hydrogen (secondary N) is 1. The lowest BCUT2D eigenvalue weighted by molar-refractivity contribution is -0.111. The first-order chi connectivity index (χ1) is 11.8. The van der Waals surface area contributed by atoms with Crippen LogP contribution in [0.1, 0.15) is 5.56 Å². The van der Waals surface area contributed by atoms with Gasteiger partial charge in [-0.3, -0.25) is 9.63 Å². The van der Waals surface area contributed by atoms with Crippen molar-refractivity contribution in [3.05, 3.63) is 66.0 Å². The molecule has 0 radical (unpaired) electrons. The Hall–Kier alpha value is -2.55. The summed E-state index contributed by atoms with van der Waals surface area (Å²) >= 11 is 0. The molecule has 132 valence electrons. The minimum atomic E-state index is -3.73. The Morgan fingerprint density at radius 3 is 2.28 bits per heavy atom. The van der Waals surface area contributed by atoms with Crippen LogP contribution >= 0.6 is 0 Å². The second-order valence-corrected chi connectivity index (χ2v) is 6.93. The Labute approximate surface area is 145 Å². The SMILES string of the molecule is CON(C)S(=O)(=O)c1ccc(NC(=O)/C=C/c2ccc(F)cc2)cc1. The fourth-order valence-electron chi connectivity index (χ4n) is 1.89. The smallest absolute Gasteiger partial charge is 0.264 e. The molecule has 0 aliphatic heterocycles. The van der Waals surface area contributed by atoms with Gasteiger partial charge in [-0.25, -0.2) is 12.8 Å². The van der Waals surface area contributed by atoms with Gasteiger partial charge in [0, 0.05) is 18.8 Å². The number of hydrogen-bond acceptors (Lipinski definition) is 4. The molecule has 8 heteroatoms. The van der Waals surface area contributed by atoms with E-state index in [0.29, 0.717) is 11.3 Å². The number of hydroxylamine groups is 1. The highest BCUT2D eigenvalue weighted by Crippen LogP contribution is 2.17. The van der Waals surface area contributed by atoms with Crippen LogP contribution in [-0.4, -0.2) is 33.0 Å². The van der Waals surface area contributed by atoms with Crippen molar-refractivity contribution in [2.24, 2.45) is 0 Å². The monoisotopic (exact) mass is 364 g/mol. The van der Waals surface area contributed by atoms with Crippen LogP contribution in [0.3, 0.4) is 0 Å². The number of carbonyl (C=O) groups excluding carboxylic acids is 1. The van der Waals surface area contributed by atoms with Gasteiger partial charge in [-0.1, -0.05) is 16.6 Å². The molecule has 0 spiro atoms. The molecule has 0 fully saturated rings. The van der Waals surface area contributed by atoms with Crippen molar-refractivity contribution in [1.29, 1.82) is 0 Å². The molecular formula is C17H17FN2O4S. The standard InChI is InChI=1S/C17H17FN2O4S/c1-20(24-2)25(22,23)16-10-8-15(9-11-16)19-17(21)12-5-13-3-6-14(18)7-4-13/h3-12H,1-2H3,(H,19,21)/b12-5+. The lowest BCUT2D eigenvalue weighted by atomic mass is 10.2. The summed E-state index contributed by atoms with van der Waals surface area (Å²) in [4.78, 5) is 16.6. The van der Waals surface area contributed by atoms with Gasteiger partial charge in [-0.2, -0.15) is 0 Å². The van der Waals surface area contributed by atoms with E-state index in [4.69, 9.17) is 0 Å². The van der Waals surface area contributed by atoms with E-state index < -0.39 is 15.9 Å². The quantitative estimate of drug-likeness (QED) is 0.632. The van der Waals surface area contributed by atoms with Crippen LogP contribution in [0.15, 0.2) is 59.5 Å². The van der Waals surface area contributed by atoms with Gasteiger partial charge in [-0.15, -0.1) is 0 Å². The molecule has 0 atom stereocenters. The van der Waals surface area contributed by atoms with E-state index >= 15 is 0 Å². The van der Waals surface area contributed by atoms with Crippen LogP contribution in [0.4, 0.5) is 10.1 Å². The van der Waals surface area contributed by atoms with Crippen molar-refractivity contribution in [2.45, 2.75) is 4.90 Å². The summed E-state index contributed by atoms with van der Waals surface area (Å²) in [5, 5.41) is 2.61. The number of nitrogens with zero attached hydrogens (tertiary/aromatic N) is 1. The Bertz CT molecular complexity index is 863. The molecule has 0 bridgehead atoms. The number of amides is 1. The molecular weight excluding hydrogens is 347 g/mol. The number of sulfonamides is 1. The molecule has 1 N–H and O–H groups in total. The summed E-state index contributed by atoms with van der Waals surface area (Å²) in [5.41, 5.74) is 1.12. The van der Waals surface area contributed by atoms with Crippen molar-refractivity contribution in [3.8, 4) is 0 Å². The lowest BCUT2D eigenvalue weighted by Gasteiger charge is -2.14. The maximum Gasteiger partial charge on any atom is 0.264 e. The largest absolute Gasteiger partial charge is 0.323 e. The van der Waals surface area contributed by atoms with E-state index in [1.807, 2.05) is 0 Å². The fourth-order valence-corrected chi connectivity index (χ4v) is 2.86. The summed E-state index contributed by atoms with van der Waals surface area (Å²) in [6, 6.07) is 11.4. The molecule has 2 aromatic rings. The van der Waals surface area contributed by atoms with Gasteiger partial charge in [0.1, 0.15) is 5.82 Å². The Balaban J connectivity index is 2.03. The second kappa shape index (κ2) is 8.02. The molecule has 0 heterocycles. The molecule has 0 unspecified atom stereocenters. The van der Waals surface area contributed by atoms with Crippen LogP contribution in [-0.2, 0) is 19.7 Å². The topological polar surface area (TPSA) is 75.7 Å². The first-order valence-corrected chi connectivity index (χ1v) is 8.64. The van der Waals surface area contributed by atoms with Crippen LogP contribution in [0.25, 0.3) is 6.08 Å².